The normalized spacial score (nSPS) is 9.30. The molecule has 5 heteroatoms. The molecule has 0 aliphatic rings. The Morgan fingerprint density at radius 2 is 2.60 bits per heavy atom. The minimum Gasteiger partial charge on any atom is -0.476 e. The first-order valence-electron chi connectivity index (χ1n) is 2.48. The molecule has 1 heterocycles. The molecule has 0 aliphatic carbocycles. The zero-order chi connectivity index (χ0) is 7.56. The zero-order valence-electron chi connectivity index (χ0n) is 5.20. The minimum atomic E-state index is -1.13. The van der Waals surface area contributed by atoms with Crippen LogP contribution in [0.2, 0.25) is 0 Å². The summed E-state index contributed by atoms with van der Waals surface area (Å²) in [5, 5.41) is 11.5. The van der Waals surface area contributed by atoms with Crippen LogP contribution in [0.4, 0.5) is 0 Å². The van der Waals surface area contributed by atoms with Gasteiger partial charge in [-0.3, -0.25) is 0 Å². The molecule has 10 heavy (non-hydrogen) atoms. The molecule has 5 nitrogen and oxygen atoms in total. The topological polar surface area (TPSA) is 72.6 Å². The Morgan fingerprint density at radius 1 is 1.90 bits per heavy atom. The Bertz CT molecular complexity index is 242. The molecule has 0 spiro atoms. The van der Waals surface area contributed by atoms with Gasteiger partial charge in [0.05, 0.1) is 13.2 Å². The average Bonchev–Trinajstić information content (AvgIpc) is 2.34. The number of aromatic carboxylic acids is 1. The predicted molar refractivity (Wildman–Crippen MR) is 30.0 cm³/mol. The van der Waals surface area contributed by atoms with Gasteiger partial charge < -0.3 is 14.4 Å². The number of carboxylic acid groups (broad SMARTS) is 1. The molecule has 0 radical (unpaired) electrons. The standard InChI is InChI=1S/C5H5NO4/c1-9-4-2-3(5(7)8)6-10-4/h2H,1H3,(H,7,8). The third-order valence-corrected chi connectivity index (χ3v) is 0.909. The highest BCUT2D eigenvalue weighted by Crippen LogP contribution is 2.10. The van der Waals surface area contributed by atoms with E-state index in [1.807, 2.05) is 0 Å². The summed E-state index contributed by atoms with van der Waals surface area (Å²) in [6.07, 6.45) is 0. The lowest BCUT2D eigenvalue weighted by Gasteiger charge is -1.83. The molecule has 0 saturated carbocycles. The van der Waals surface area contributed by atoms with Gasteiger partial charge in [-0.1, -0.05) is 5.16 Å². The first-order chi connectivity index (χ1) is 4.74. The fraction of sp³-hybridized carbons (Fsp3) is 0.200. The van der Waals surface area contributed by atoms with Crippen molar-refractivity contribution in [2.45, 2.75) is 0 Å². The van der Waals surface area contributed by atoms with Crippen LogP contribution in [0.1, 0.15) is 10.5 Å². The van der Waals surface area contributed by atoms with Crippen LogP contribution in [0.25, 0.3) is 0 Å². The van der Waals surface area contributed by atoms with E-state index in [-0.39, 0.29) is 11.6 Å². The fourth-order valence-electron chi connectivity index (χ4n) is 0.455. The molecule has 54 valence electrons. The number of aromatic nitrogens is 1. The number of methoxy groups -OCH3 is 1. The smallest absolute Gasteiger partial charge is 0.358 e. The fourth-order valence-corrected chi connectivity index (χ4v) is 0.455. The minimum absolute atomic E-state index is 0.0948. The van der Waals surface area contributed by atoms with Crippen LogP contribution >= 0.6 is 0 Å². The first kappa shape index (κ1) is 6.60. The Hall–Kier alpha value is -1.52. The van der Waals surface area contributed by atoms with Gasteiger partial charge in [-0.2, -0.15) is 0 Å². The van der Waals surface area contributed by atoms with E-state index in [2.05, 4.69) is 14.4 Å². The number of nitrogens with zero attached hydrogens (tertiary/aromatic N) is 1. The van der Waals surface area contributed by atoms with Crippen molar-refractivity contribution < 1.29 is 19.2 Å². The van der Waals surface area contributed by atoms with Crippen LogP contribution in [0.15, 0.2) is 10.6 Å². The third-order valence-electron chi connectivity index (χ3n) is 0.909. The van der Waals surface area contributed by atoms with Crippen LogP contribution in [-0.4, -0.2) is 23.3 Å². The molecule has 0 fully saturated rings. The largest absolute Gasteiger partial charge is 0.476 e. The summed E-state index contributed by atoms with van der Waals surface area (Å²) in [6.45, 7) is 0. The number of rotatable bonds is 2. The molecule has 0 bridgehead atoms. The number of hydrogen-bond acceptors (Lipinski definition) is 4. The number of hydrogen-bond donors (Lipinski definition) is 1. The number of carboxylic acids is 1. The van der Waals surface area contributed by atoms with Crippen LogP contribution in [0.3, 0.4) is 0 Å². The zero-order valence-corrected chi connectivity index (χ0v) is 5.20. The second-order valence-electron chi connectivity index (χ2n) is 1.54. The van der Waals surface area contributed by atoms with Crippen molar-refractivity contribution in [3.05, 3.63) is 11.8 Å². The van der Waals surface area contributed by atoms with Crippen molar-refractivity contribution in [2.24, 2.45) is 0 Å². The Morgan fingerprint density at radius 3 is 2.90 bits per heavy atom. The first-order valence-corrected chi connectivity index (χ1v) is 2.48. The quantitative estimate of drug-likeness (QED) is 0.647. The van der Waals surface area contributed by atoms with Gasteiger partial charge in [-0.25, -0.2) is 4.79 Å². The molecule has 1 N–H and O–H groups in total. The summed E-state index contributed by atoms with van der Waals surface area (Å²) in [5.74, 6) is -1.04. The second kappa shape index (κ2) is 2.38. The highest BCUT2D eigenvalue weighted by atomic mass is 16.6. The maximum absolute atomic E-state index is 10.2. The third kappa shape index (κ3) is 1.07. The molecule has 0 aliphatic heterocycles. The summed E-state index contributed by atoms with van der Waals surface area (Å²) in [5.41, 5.74) is -0.156. The maximum Gasteiger partial charge on any atom is 0.358 e. The van der Waals surface area contributed by atoms with Gasteiger partial charge in [0.2, 0.25) is 0 Å². The van der Waals surface area contributed by atoms with Crippen LogP contribution in [-0.2, 0) is 0 Å². The highest BCUT2D eigenvalue weighted by Gasteiger charge is 2.09. The summed E-state index contributed by atoms with van der Waals surface area (Å²) < 4.78 is 8.97. The van der Waals surface area contributed by atoms with E-state index < -0.39 is 5.97 Å². The second-order valence-corrected chi connectivity index (χ2v) is 1.54. The van der Waals surface area contributed by atoms with E-state index >= 15 is 0 Å². The lowest BCUT2D eigenvalue weighted by Crippen LogP contribution is -1.94. The summed E-state index contributed by atoms with van der Waals surface area (Å²) in [4.78, 5) is 10.2. The highest BCUT2D eigenvalue weighted by molar-refractivity contribution is 5.85. The van der Waals surface area contributed by atoms with Crippen LogP contribution in [0.5, 0.6) is 5.95 Å². The monoisotopic (exact) mass is 143 g/mol. The summed E-state index contributed by atoms with van der Waals surface area (Å²) in [7, 11) is 1.37. The molecule has 0 atom stereocenters. The van der Waals surface area contributed by atoms with Crippen molar-refractivity contribution >= 4 is 5.97 Å². The van der Waals surface area contributed by atoms with Gasteiger partial charge in [0.1, 0.15) is 0 Å². The van der Waals surface area contributed by atoms with E-state index in [0.717, 1.165) is 0 Å². The van der Waals surface area contributed by atoms with Gasteiger partial charge in [-0.05, 0) is 0 Å². The molecular formula is C5H5NO4. The average molecular weight is 143 g/mol. The van der Waals surface area contributed by atoms with Gasteiger partial charge in [0.25, 0.3) is 0 Å². The van der Waals surface area contributed by atoms with Crippen LogP contribution < -0.4 is 4.74 Å². The Kier molecular flexibility index (Phi) is 1.57. The van der Waals surface area contributed by atoms with E-state index in [0.29, 0.717) is 0 Å². The van der Waals surface area contributed by atoms with E-state index in [9.17, 15) is 4.79 Å². The summed E-state index contributed by atoms with van der Waals surface area (Å²) >= 11 is 0. The van der Waals surface area contributed by atoms with E-state index in [1.54, 1.807) is 0 Å². The van der Waals surface area contributed by atoms with E-state index in [4.69, 9.17) is 5.11 Å². The van der Waals surface area contributed by atoms with Crippen molar-refractivity contribution in [3.63, 3.8) is 0 Å². The Labute approximate surface area is 56.2 Å². The lowest BCUT2D eigenvalue weighted by atomic mass is 10.4. The molecule has 0 saturated heterocycles. The molecule has 0 unspecified atom stereocenters. The van der Waals surface area contributed by atoms with Crippen molar-refractivity contribution in [2.75, 3.05) is 7.11 Å². The number of ether oxygens (including phenoxy) is 1. The Balaban J connectivity index is 2.88. The van der Waals surface area contributed by atoms with Crippen molar-refractivity contribution in [3.8, 4) is 5.95 Å². The molecule has 0 aromatic carbocycles. The van der Waals surface area contributed by atoms with Gasteiger partial charge >= 0.3 is 11.9 Å². The molecule has 1 aromatic heterocycles. The van der Waals surface area contributed by atoms with Crippen molar-refractivity contribution in [1.29, 1.82) is 0 Å². The van der Waals surface area contributed by atoms with Gasteiger partial charge in [0.15, 0.2) is 5.69 Å². The number of carbonyl (C=O) groups is 1. The van der Waals surface area contributed by atoms with Crippen LogP contribution in [0, 0.1) is 0 Å². The van der Waals surface area contributed by atoms with Crippen molar-refractivity contribution in [1.82, 2.24) is 5.16 Å². The molecular weight excluding hydrogens is 138 g/mol. The maximum atomic E-state index is 10.2. The molecule has 1 aromatic rings. The summed E-state index contributed by atoms with van der Waals surface area (Å²) in [6, 6.07) is 1.20. The predicted octanol–water partition coefficient (Wildman–Crippen LogP) is 0.381. The molecule has 0 amide bonds. The lowest BCUT2D eigenvalue weighted by molar-refractivity contribution is 0.0685. The van der Waals surface area contributed by atoms with Gasteiger partial charge in [-0.15, -0.1) is 0 Å². The van der Waals surface area contributed by atoms with E-state index in [1.165, 1.54) is 13.2 Å². The van der Waals surface area contributed by atoms with Gasteiger partial charge in [0, 0.05) is 0 Å². The SMILES string of the molecule is COc1cc(C(=O)O)no1. The molecule has 1 rings (SSSR count).